The molecule has 0 unspecified atom stereocenters. The second kappa shape index (κ2) is 11.1. The minimum Gasteiger partial charge on any atom is -0.504 e. The van der Waals surface area contributed by atoms with Crippen LogP contribution in [0.2, 0.25) is 5.02 Å². The number of benzene rings is 3. The summed E-state index contributed by atoms with van der Waals surface area (Å²) in [5, 5.41) is 32.6. The minimum absolute atomic E-state index is 0.0542. The number of carbonyl (C=O) groups is 1. The van der Waals surface area contributed by atoms with E-state index < -0.39 is 6.04 Å². The molecule has 3 heterocycles. The maximum Gasteiger partial charge on any atom is 0.222 e. The van der Waals surface area contributed by atoms with Gasteiger partial charge in [0.05, 0.1) is 30.4 Å². The number of ether oxygens (including phenoxy) is 1. The topological polar surface area (TPSA) is 135 Å². The van der Waals surface area contributed by atoms with Crippen LogP contribution in [-0.4, -0.2) is 55.2 Å². The van der Waals surface area contributed by atoms with E-state index in [9.17, 15) is 15.0 Å². The minimum atomic E-state index is -0.607. The normalized spacial score (nSPS) is 14.1. The van der Waals surface area contributed by atoms with Crippen molar-refractivity contribution in [3.05, 3.63) is 100 Å². The lowest BCUT2D eigenvalue weighted by molar-refractivity contribution is -0.121. The molecule has 0 radical (unpaired) electrons. The predicted molar refractivity (Wildman–Crippen MR) is 159 cm³/mol. The van der Waals surface area contributed by atoms with Crippen LogP contribution in [0.5, 0.6) is 17.2 Å². The number of hydrogen-bond acceptors (Lipinski definition) is 8. The standard InChI is InChI=1S/C31H27ClN6O4/c1-17-36-37-31-25(16-29(41)33-12-11-21-8-5-19-13-27(39)28(40)15-24(19)34-21)35-30(18-3-6-20(32)7-4-18)23-14-22(42-2)9-10-26(23)38(17)31/h3-10,13-15,25,39-40H,11-12,16H2,1-2H3,(H,33,41)/t25-/m0/s1. The summed E-state index contributed by atoms with van der Waals surface area (Å²) >= 11 is 6.18. The highest BCUT2D eigenvalue weighted by Gasteiger charge is 2.30. The lowest BCUT2D eigenvalue weighted by Crippen LogP contribution is -2.27. The molecule has 2 aromatic heterocycles. The number of aryl methyl sites for hydroxylation is 1. The number of aromatic nitrogens is 4. The van der Waals surface area contributed by atoms with Gasteiger partial charge in [0.2, 0.25) is 5.91 Å². The van der Waals surface area contributed by atoms with Gasteiger partial charge in [-0.05, 0) is 49.4 Å². The number of aliphatic imine (C=N–C) groups is 1. The Labute approximate surface area is 246 Å². The Morgan fingerprint density at radius 2 is 1.81 bits per heavy atom. The number of methoxy groups -OCH3 is 1. The lowest BCUT2D eigenvalue weighted by Gasteiger charge is -2.14. The molecule has 11 heteroatoms. The third-order valence-electron chi connectivity index (χ3n) is 7.18. The second-order valence-corrected chi connectivity index (χ2v) is 10.4. The Hall–Kier alpha value is -4.96. The fraction of sp³-hybridized carbons (Fsp3) is 0.194. The average Bonchev–Trinajstić information content (AvgIpc) is 3.30. The van der Waals surface area contributed by atoms with Crippen LogP contribution in [-0.2, 0) is 11.2 Å². The third-order valence-corrected chi connectivity index (χ3v) is 7.43. The molecule has 3 N–H and O–H groups in total. The molecule has 1 atom stereocenters. The second-order valence-electron chi connectivity index (χ2n) is 9.96. The fourth-order valence-corrected chi connectivity index (χ4v) is 5.21. The van der Waals surface area contributed by atoms with E-state index in [2.05, 4.69) is 20.5 Å². The number of hydrogen-bond donors (Lipinski definition) is 3. The van der Waals surface area contributed by atoms with Crippen molar-refractivity contribution in [1.82, 2.24) is 25.1 Å². The first-order valence-corrected chi connectivity index (χ1v) is 13.7. The maximum absolute atomic E-state index is 13.2. The van der Waals surface area contributed by atoms with Crippen molar-refractivity contribution >= 4 is 34.1 Å². The predicted octanol–water partition coefficient (Wildman–Crippen LogP) is 4.84. The van der Waals surface area contributed by atoms with Crippen LogP contribution >= 0.6 is 11.6 Å². The Kier molecular flexibility index (Phi) is 7.22. The molecule has 0 saturated heterocycles. The van der Waals surface area contributed by atoms with Crippen molar-refractivity contribution in [3.8, 4) is 22.9 Å². The largest absolute Gasteiger partial charge is 0.504 e. The van der Waals surface area contributed by atoms with Crippen LogP contribution in [0.4, 0.5) is 0 Å². The van der Waals surface area contributed by atoms with Gasteiger partial charge in [-0.25, -0.2) is 0 Å². The highest BCUT2D eigenvalue weighted by atomic mass is 35.5. The van der Waals surface area contributed by atoms with Gasteiger partial charge in [0.25, 0.3) is 0 Å². The van der Waals surface area contributed by atoms with Gasteiger partial charge in [-0.2, -0.15) is 0 Å². The fourth-order valence-electron chi connectivity index (χ4n) is 5.08. The number of aromatic hydroxyl groups is 2. The van der Waals surface area contributed by atoms with Gasteiger partial charge in [-0.15, -0.1) is 10.2 Å². The molecule has 0 fully saturated rings. The first kappa shape index (κ1) is 27.2. The Bertz CT molecular complexity index is 1850. The molecule has 6 rings (SSSR count). The zero-order valence-corrected chi connectivity index (χ0v) is 23.6. The van der Waals surface area contributed by atoms with Crippen molar-refractivity contribution in [2.75, 3.05) is 13.7 Å². The number of nitrogens with zero attached hydrogens (tertiary/aromatic N) is 5. The molecule has 1 amide bonds. The van der Waals surface area contributed by atoms with Gasteiger partial charge in [0, 0.05) is 46.3 Å². The van der Waals surface area contributed by atoms with Crippen molar-refractivity contribution in [3.63, 3.8) is 0 Å². The molecule has 212 valence electrons. The molecule has 0 bridgehead atoms. The third kappa shape index (κ3) is 5.24. The monoisotopic (exact) mass is 582 g/mol. The summed E-state index contributed by atoms with van der Waals surface area (Å²) in [6.45, 7) is 2.22. The first-order valence-electron chi connectivity index (χ1n) is 13.3. The highest BCUT2D eigenvalue weighted by molar-refractivity contribution is 6.30. The van der Waals surface area contributed by atoms with Gasteiger partial charge in [-0.3, -0.25) is 19.3 Å². The van der Waals surface area contributed by atoms with Crippen LogP contribution in [0.15, 0.2) is 71.7 Å². The smallest absolute Gasteiger partial charge is 0.222 e. The number of carbonyl (C=O) groups excluding carboxylic acids is 1. The zero-order valence-electron chi connectivity index (χ0n) is 22.9. The molecule has 0 spiro atoms. The van der Waals surface area contributed by atoms with Gasteiger partial charge in [-0.1, -0.05) is 29.8 Å². The van der Waals surface area contributed by atoms with Crippen molar-refractivity contribution in [1.29, 1.82) is 0 Å². The zero-order chi connectivity index (χ0) is 29.4. The number of halogens is 1. The summed E-state index contributed by atoms with van der Waals surface area (Å²) in [6.07, 6.45) is 0.534. The van der Waals surface area contributed by atoms with Crippen LogP contribution in [0.25, 0.3) is 16.6 Å². The Morgan fingerprint density at radius 3 is 2.60 bits per heavy atom. The van der Waals surface area contributed by atoms with Crippen LogP contribution in [0, 0.1) is 6.92 Å². The number of amides is 1. The van der Waals surface area contributed by atoms with E-state index >= 15 is 0 Å². The number of rotatable bonds is 7. The van der Waals surface area contributed by atoms with E-state index in [4.69, 9.17) is 21.3 Å². The molecule has 5 aromatic rings. The Balaban J connectivity index is 1.27. The molecular formula is C31H27ClN6O4. The van der Waals surface area contributed by atoms with E-state index in [1.807, 2.05) is 66.1 Å². The molecular weight excluding hydrogens is 556 g/mol. The summed E-state index contributed by atoms with van der Waals surface area (Å²) < 4.78 is 7.46. The molecule has 1 aliphatic rings. The number of phenols is 2. The number of nitrogens with one attached hydrogen (secondary N) is 1. The van der Waals surface area contributed by atoms with Crippen LogP contribution in [0.3, 0.4) is 0 Å². The highest BCUT2D eigenvalue weighted by Crippen LogP contribution is 2.34. The van der Waals surface area contributed by atoms with Crippen LogP contribution < -0.4 is 10.1 Å². The number of phenolic OH excluding ortho intramolecular Hbond substituents is 2. The van der Waals surface area contributed by atoms with Crippen molar-refractivity contribution in [2.24, 2.45) is 4.99 Å². The van der Waals surface area contributed by atoms with E-state index in [1.165, 1.54) is 12.1 Å². The van der Waals surface area contributed by atoms with Crippen molar-refractivity contribution < 1.29 is 19.7 Å². The van der Waals surface area contributed by atoms with Gasteiger partial charge < -0.3 is 20.3 Å². The number of pyridine rings is 1. The van der Waals surface area contributed by atoms with E-state index in [0.29, 0.717) is 52.0 Å². The molecule has 0 aliphatic carbocycles. The molecule has 3 aromatic carbocycles. The van der Waals surface area contributed by atoms with Crippen LogP contribution in [0.1, 0.15) is 40.9 Å². The molecule has 0 saturated carbocycles. The van der Waals surface area contributed by atoms with Crippen molar-refractivity contribution in [2.45, 2.75) is 25.8 Å². The first-order chi connectivity index (χ1) is 20.3. The summed E-state index contributed by atoms with van der Waals surface area (Å²) in [4.78, 5) is 22.8. The van der Waals surface area contributed by atoms with E-state index in [1.54, 1.807) is 7.11 Å². The summed E-state index contributed by atoms with van der Waals surface area (Å²) in [5.41, 5.74) is 4.50. The van der Waals surface area contributed by atoms with E-state index in [-0.39, 0.29) is 23.8 Å². The SMILES string of the molecule is COc1ccc2c(c1)C(c1ccc(Cl)cc1)=N[C@@H](CC(=O)NCCc1ccc3cc(O)c(O)cc3n1)c1nnc(C)n1-2. The summed E-state index contributed by atoms with van der Waals surface area (Å²) in [6, 6.07) is 19.1. The van der Waals surface area contributed by atoms with Gasteiger partial charge in [0.15, 0.2) is 17.3 Å². The molecule has 10 nitrogen and oxygen atoms in total. The molecule has 42 heavy (non-hydrogen) atoms. The van der Waals surface area contributed by atoms with E-state index in [0.717, 1.165) is 22.5 Å². The number of fused-ring (bicyclic) bond motifs is 4. The average molecular weight is 583 g/mol. The molecule has 1 aliphatic heterocycles. The quantitative estimate of drug-likeness (QED) is 0.234. The van der Waals surface area contributed by atoms with Gasteiger partial charge in [0.1, 0.15) is 17.6 Å². The summed E-state index contributed by atoms with van der Waals surface area (Å²) in [5.74, 6) is 1.30. The van der Waals surface area contributed by atoms with Gasteiger partial charge >= 0.3 is 0 Å². The summed E-state index contributed by atoms with van der Waals surface area (Å²) in [7, 11) is 1.61. The Morgan fingerprint density at radius 1 is 1.02 bits per heavy atom. The maximum atomic E-state index is 13.2. The lowest BCUT2D eigenvalue weighted by atomic mass is 10.00.